The van der Waals surface area contributed by atoms with E-state index < -0.39 is 0 Å². The van der Waals surface area contributed by atoms with Gasteiger partial charge in [-0.15, -0.1) is 0 Å². The van der Waals surface area contributed by atoms with Crippen LogP contribution in [0.5, 0.6) is 5.75 Å². The molecule has 3 nitrogen and oxygen atoms in total. The summed E-state index contributed by atoms with van der Waals surface area (Å²) in [6.45, 7) is 1.42. The van der Waals surface area contributed by atoms with E-state index in [4.69, 9.17) is 14.7 Å². The third-order valence-electron chi connectivity index (χ3n) is 2.42. The highest BCUT2D eigenvalue weighted by molar-refractivity contribution is 5.36. The van der Waals surface area contributed by atoms with Gasteiger partial charge in [-0.1, -0.05) is 6.07 Å². The Labute approximate surface area is 89.2 Å². The van der Waals surface area contributed by atoms with Crippen molar-refractivity contribution in [2.75, 3.05) is 13.2 Å². The number of ether oxygens (including phenoxy) is 2. The molecule has 0 saturated carbocycles. The highest BCUT2D eigenvalue weighted by atomic mass is 16.5. The van der Waals surface area contributed by atoms with Crippen molar-refractivity contribution in [1.29, 1.82) is 5.26 Å². The number of nitriles is 1. The summed E-state index contributed by atoms with van der Waals surface area (Å²) in [6, 6.07) is 9.27. The van der Waals surface area contributed by atoms with Gasteiger partial charge in [-0.2, -0.15) is 5.26 Å². The number of hydrogen-bond acceptors (Lipinski definition) is 3. The largest absolute Gasteiger partial charge is 0.491 e. The average Bonchev–Trinajstić information content (AvgIpc) is 2.79. The Hall–Kier alpha value is -1.53. The van der Waals surface area contributed by atoms with E-state index in [1.807, 2.05) is 12.1 Å². The standard InChI is InChI=1S/C12H13NO2/c13-8-10-3-1-4-11(7-10)15-9-12-5-2-6-14-12/h1,3-4,7,12H,2,5-6,9H2. The molecule has 0 spiro atoms. The zero-order valence-electron chi connectivity index (χ0n) is 8.48. The molecule has 0 amide bonds. The molecule has 78 valence electrons. The van der Waals surface area contributed by atoms with Gasteiger partial charge in [-0.3, -0.25) is 0 Å². The van der Waals surface area contributed by atoms with Crippen LogP contribution >= 0.6 is 0 Å². The molecule has 1 atom stereocenters. The molecule has 1 unspecified atom stereocenters. The molecule has 0 bridgehead atoms. The quantitative estimate of drug-likeness (QED) is 0.755. The Bertz CT molecular complexity index is 364. The maximum absolute atomic E-state index is 8.71. The lowest BCUT2D eigenvalue weighted by Gasteiger charge is -2.11. The lowest BCUT2D eigenvalue weighted by Crippen LogP contribution is -2.16. The van der Waals surface area contributed by atoms with Crippen LogP contribution < -0.4 is 4.74 Å². The number of rotatable bonds is 3. The molecule has 2 rings (SSSR count). The second-order valence-corrected chi connectivity index (χ2v) is 3.59. The van der Waals surface area contributed by atoms with Gasteiger partial charge in [0.15, 0.2) is 0 Å². The maximum Gasteiger partial charge on any atom is 0.120 e. The number of benzene rings is 1. The summed E-state index contributed by atoms with van der Waals surface area (Å²) in [5.41, 5.74) is 0.625. The summed E-state index contributed by atoms with van der Waals surface area (Å²) in [4.78, 5) is 0. The highest BCUT2D eigenvalue weighted by Crippen LogP contribution is 2.16. The molecule has 1 aliphatic rings. The highest BCUT2D eigenvalue weighted by Gasteiger charge is 2.15. The van der Waals surface area contributed by atoms with Crippen molar-refractivity contribution in [1.82, 2.24) is 0 Å². The Morgan fingerprint density at radius 3 is 3.20 bits per heavy atom. The van der Waals surface area contributed by atoms with Gasteiger partial charge < -0.3 is 9.47 Å². The van der Waals surface area contributed by atoms with Gasteiger partial charge in [-0.05, 0) is 31.0 Å². The minimum absolute atomic E-state index is 0.218. The molecule has 1 heterocycles. The molecule has 0 aliphatic carbocycles. The first-order valence-corrected chi connectivity index (χ1v) is 5.13. The van der Waals surface area contributed by atoms with Crippen molar-refractivity contribution >= 4 is 0 Å². The second-order valence-electron chi connectivity index (χ2n) is 3.59. The molecule has 15 heavy (non-hydrogen) atoms. The van der Waals surface area contributed by atoms with E-state index >= 15 is 0 Å². The lowest BCUT2D eigenvalue weighted by atomic mass is 10.2. The Morgan fingerprint density at radius 2 is 2.47 bits per heavy atom. The third-order valence-corrected chi connectivity index (χ3v) is 2.42. The fourth-order valence-corrected chi connectivity index (χ4v) is 1.62. The van der Waals surface area contributed by atoms with E-state index in [9.17, 15) is 0 Å². The molecule has 1 aromatic carbocycles. The van der Waals surface area contributed by atoms with Crippen molar-refractivity contribution < 1.29 is 9.47 Å². The lowest BCUT2D eigenvalue weighted by molar-refractivity contribution is 0.0679. The second kappa shape index (κ2) is 4.81. The van der Waals surface area contributed by atoms with E-state index in [0.717, 1.165) is 25.2 Å². The smallest absolute Gasteiger partial charge is 0.120 e. The van der Waals surface area contributed by atoms with Gasteiger partial charge in [0.2, 0.25) is 0 Å². The van der Waals surface area contributed by atoms with Crippen molar-refractivity contribution in [2.24, 2.45) is 0 Å². The van der Waals surface area contributed by atoms with E-state index in [0.29, 0.717) is 12.2 Å². The molecule has 0 aromatic heterocycles. The molecule has 1 saturated heterocycles. The van der Waals surface area contributed by atoms with Gasteiger partial charge in [-0.25, -0.2) is 0 Å². The molecular formula is C12H13NO2. The monoisotopic (exact) mass is 203 g/mol. The average molecular weight is 203 g/mol. The fourth-order valence-electron chi connectivity index (χ4n) is 1.62. The summed E-state index contributed by atoms with van der Waals surface area (Å²) >= 11 is 0. The molecule has 0 N–H and O–H groups in total. The number of nitrogens with zero attached hydrogens (tertiary/aromatic N) is 1. The van der Waals surface area contributed by atoms with Gasteiger partial charge >= 0.3 is 0 Å². The predicted molar refractivity (Wildman–Crippen MR) is 55.6 cm³/mol. The predicted octanol–water partition coefficient (Wildman–Crippen LogP) is 2.12. The van der Waals surface area contributed by atoms with Crippen LogP contribution in [-0.4, -0.2) is 19.3 Å². The Morgan fingerprint density at radius 1 is 1.53 bits per heavy atom. The summed E-state index contributed by atoms with van der Waals surface area (Å²) < 4.78 is 11.0. The molecular weight excluding hydrogens is 190 g/mol. The zero-order chi connectivity index (χ0) is 10.5. The van der Waals surface area contributed by atoms with Gasteiger partial charge in [0.05, 0.1) is 17.7 Å². The van der Waals surface area contributed by atoms with Gasteiger partial charge in [0.25, 0.3) is 0 Å². The Balaban J connectivity index is 1.90. The van der Waals surface area contributed by atoms with Crippen LogP contribution in [0.15, 0.2) is 24.3 Å². The van der Waals surface area contributed by atoms with E-state index in [-0.39, 0.29) is 6.10 Å². The SMILES string of the molecule is N#Cc1cccc(OCC2CCCO2)c1. The maximum atomic E-state index is 8.71. The third kappa shape index (κ3) is 2.71. The molecule has 1 fully saturated rings. The normalized spacial score (nSPS) is 19.8. The zero-order valence-corrected chi connectivity index (χ0v) is 8.48. The van der Waals surface area contributed by atoms with Crippen LogP contribution in [0.3, 0.4) is 0 Å². The van der Waals surface area contributed by atoms with Crippen LogP contribution in [0.1, 0.15) is 18.4 Å². The topological polar surface area (TPSA) is 42.2 Å². The minimum Gasteiger partial charge on any atom is -0.491 e. The van der Waals surface area contributed by atoms with Crippen molar-refractivity contribution in [3.63, 3.8) is 0 Å². The summed E-state index contributed by atoms with van der Waals surface area (Å²) in [6.07, 6.45) is 2.40. The van der Waals surface area contributed by atoms with Crippen LogP contribution in [0.25, 0.3) is 0 Å². The summed E-state index contributed by atoms with van der Waals surface area (Å²) in [5.74, 6) is 0.740. The molecule has 1 aromatic rings. The van der Waals surface area contributed by atoms with Crippen molar-refractivity contribution in [2.45, 2.75) is 18.9 Å². The van der Waals surface area contributed by atoms with Gasteiger partial charge in [0, 0.05) is 6.61 Å². The first-order chi connectivity index (χ1) is 7.38. The summed E-state index contributed by atoms with van der Waals surface area (Å²) in [7, 11) is 0. The Kier molecular flexibility index (Phi) is 3.21. The van der Waals surface area contributed by atoms with Crippen LogP contribution in [0.2, 0.25) is 0 Å². The first-order valence-electron chi connectivity index (χ1n) is 5.13. The summed E-state index contributed by atoms with van der Waals surface area (Å²) in [5, 5.41) is 8.71. The van der Waals surface area contributed by atoms with Gasteiger partial charge in [0.1, 0.15) is 12.4 Å². The molecule has 1 aliphatic heterocycles. The van der Waals surface area contributed by atoms with Crippen molar-refractivity contribution in [3.05, 3.63) is 29.8 Å². The fraction of sp³-hybridized carbons (Fsp3) is 0.417. The van der Waals surface area contributed by atoms with Crippen molar-refractivity contribution in [3.8, 4) is 11.8 Å². The van der Waals surface area contributed by atoms with Crippen LogP contribution in [-0.2, 0) is 4.74 Å². The molecule has 0 radical (unpaired) electrons. The van der Waals surface area contributed by atoms with E-state index in [1.165, 1.54) is 0 Å². The van der Waals surface area contributed by atoms with Crippen LogP contribution in [0, 0.1) is 11.3 Å². The minimum atomic E-state index is 0.218. The first kappa shape index (κ1) is 10.0. The van der Waals surface area contributed by atoms with E-state index in [2.05, 4.69) is 6.07 Å². The van der Waals surface area contributed by atoms with E-state index in [1.54, 1.807) is 12.1 Å². The van der Waals surface area contributed by atoms with Crippen LogP contribution in [0.4, 0.5) is 0 Å². The number of hydrogen-bond donors (Lipinski definition) is 0. The molecule has 3 heteroatoms.